The van der Waals surface area contributed by atoms with Gasteiger partial charge in [-0.2, -0.15) is 0 Å². The van der Waals surface area contributed by atoms with Crippen LogP contribution in [0.1, 0.15) is 17.2 Å². The summed E-state index contributed by atoms with van der Waals surface area (Å²) in [5, 5.41) is 13.2. The van der Waals surface area contributed by atoms with Gasteiger partial charge in [0.25, 0.3) is 11.7 Å². The Morgan fingerprint density at radius 1 is 0.939 bits per heavy atom. The van der Waals surface area contributed by atoms with Crippen molar-refractivity contribution in [2.45, 2.75) is 6.04 Å². The van der Waals surface area contributed by atoms with E-state index in [-0.39, 0.29) is 11.3 Å². The number of amides is 1. The number of hydrogen-bond acceptors (Lipinski definition) is 5. The molecule has 33 heavy (non-hydrogen) atoms. The Hall–Kier alpha value is -4.45. The van der Waals surface area contributed by atoms with Gasteiger partial charge in [-0.1, -0.05) is 48.5 Å². The lowest BCUT2D eigenvalue weighted by atomic mass is 9.93. The van der Waals surface area contributed by atoms with E-state index in [1.807, 2.05) is 36.4 Å². The highest BCUT2D eigenvalue weighted by atomic mass is 16.5. The zero-order valence-corrected chi connectivity index (χ0v) is 17.8. The van der Waals surface area contributed by atoms with Crippen molar-refractivity contribution >= 4 is 33.9 Å². The molecule has 6 heteroatoms. The summed E-state index contributed by atoms with van der Waals surface area (Å²) in [4.78, 5) is 32.1. The number of pyridine rings is 1. The van der Waals surface area contributed by atoms with E-state index in [9.17, 15) is 14.7 Å². The third kappa shape index (κ3) is 3.42. The van der Waals surface area contributed by atoms with Crippen LogP contribution >= 0.6 is 0 Å². The number of nitrogens with zero attached hydrogens (tertiary/aromatic N) is 2. The molecule has 0 radical (unpaired) electrons. The molecule has 1 amide bonds. The maximum Gasteiger partial charge on any atom is 0.300 e. The van der Waals surface area contributed by atoms with Gasteiger partial charge >= 0.3 is 0 Å². The van der Waals surface area contributed by atoms with Crippen molar-refractivity contribution in [3.8, 4) is 5.75 Å². The monoisotopic (exact) mass is 436 g/mol. The summed E-state index contributed by atoms with van der Waals surface area (Å²) in [5.41, 5.74) is 1.69. The van der Waals surface area contributed by atoms with E-state index in [2.05, 4.69) is 4.98 Å². The second-order valence-corrected chi connectivity index (χ2v) is 7.68. The van der Waals surface area contributed by atoms with Crippen molar-refractivity contribution in [2.24, 2.45) is 0 Å². The van der Waals surface area contributed by atoms with Gasteiger partial charge in [0.1, 0.15) is 11.5 Å². The zero-order chi connectivity index (χ0) is 22.9. The summed E-state index contributed by atoms with van der Waals surface area (Å²) in [6, 6.07) is 22.7. The molecule has 0 bridgehead atoms. The first kappa shape index (κ1) is 20.5. The Labute approximate surface area is 190 Å². The quantitative estimate of drug-likeness (QED) is 0.281. The van der Waals surface area contributed by atoms with Gasteiger partial charge in [-0.25, -0.2) is 0 Å². The molecule has 2 heterocycles. The smallest absolute Gasteiger partial charge is 0.300 e. The van der Waals surface area contributed by atoms with Crippen molar-refractivity contribution < 1.29 is 19.4 Å². The lowest BCUT2D eigenvalue weighted by Gasteiger charge is -2.25. The highest BCUT2D eigenvalue weighted by Crippen LogP contribution is 2.43. The fourth-order valence-electron chi connectivity index (χ4n) is 4.30. The van der Waals surface area contributed by atoms with E-state index in [1.165, 1.54) is 12.0 Å². The number of aliphatic hydroxyl groups excluding tert-OH is 1. The van der Waals surface area contributed by atoms with Crippen LogP contribution in [0, 0.1) is 0 Å². The number of anilines is 1. The highest BCUT2D eigenvalue weighted by molar-refractivity contribution is 6.51. The maximum absolute atomic E-state index is 13.3. The first-order valence-electron chi connectivity index (χ1n) is 10.4. The molecule has 1 atom stereocenters. The predicted octanol–water partition coefficient (Wildman–Crippen LogP) is 4.87. The average Bonchev–Trinajstić information content (AvgIpc) is 3.14. The topological polar surface area (TPSA) is 79.7 Å². The molecule has 1 saturated heterocycles. The van der Waals surface area contributed by atoms with Crippen LogP contribution in [-0.4, -0.2) is 28.9 Å². The summed E-state index contributed by atoms with van der Waals surface area (Å²) < 4.78 is 5.31. The minimum Gasteiger partial charge on any atom is -0.507 e. The number of aromatic nitrogens is 1. The Bertz CT molecular complexity index is 1410. The van der Waals surface area contributed by atoms with E-state index in [0.29, 0.717) is 22.6 Å². The van der Waals surface area contributed by atoms with Crippen molar-refractivity contribution in [3.63, 3.8) is 0 Å². The number of carbonyl (C=O) groups is 2. The fraction of sp³-hybridized carbons (Fsp3) is 0.0741. The van der Waals surface area contributed by atoms with Crippen molar-refractivity contribution in [1.82, 2.24) is 4.98 Å². The molecule has 1 aliphatic heterocycles. The molecule has 5 rings (SSSR count). The molecule has 0 aliphatic carbocycles. The molecule has 1 aromatic heterocycles. The summed E-state index contributed by atoms with van der Waals surface area (Å²) in [6.07, 6.45) is 3.19. The SMILES string of the molecule is COc1cccc(N2C(=O)C(=O)/C(=C(\O)c3cccc4ccccc34)C2c2ccncc2)c1. The maximum atomic E-state index is 13.3. The third-order valence-electron chi connectivity index (χ3n) is 5.84. The van der Waals surface area contributed by atoms with Crippen LogP contribution in [0.3, 0.4) is 0 Å². The first-order valence-corrected chi connectivity index (χ1v) is 10.4. The average molecular weight is 436 g/mol. The van der Waals surface area contributed by atoms with Crippen molar-refractivity contribution in [2.75, 3.05) is 12.0 Å². The lowest BCUT2D eigenvalue weighted by molar-refractivity contribution is -0.132. The lowest BCUT2D eigenvalue weighted by Crippen LogP contribution is -2.29. The van der Waals surface area contributed by atoms with Gasteiger partial charge in [0.2, 0.25) is 0 Å². The predicted molar refractivity (Wildman–Crippen MR) is 126 cm³/mol. The summed E-state index contributed by atoms with van der Waals surface area (Å²) >= 11 is 0. The van der Waals surface area contributed by atoms with E-state index < -0.39 is 17.7 Å². The largest absolute Gasteiger partial charge is 0.507 e. The Morgan fingerprint density at radius 2 is 1.67 bits per heavy atom. The minimum atomic E-state index is -0.820. The van der Waals surface area contributed by atoms with Crippen LogP contribution in [0.4, 0.5) is 5.69 Å². The molecule has 0 spiro atoms. The van der Waals surface area contributed by atoms with Crippen LogP contribution in [0.25, 0.3) is 16.5 Å². The van der Waals surface area contributed by atoms with Crippen molar-refractivity contribution in [1.29, 1.82) is 0 Å². The fourth-order valence-corrected chi connectivity index (χ4v) is 4.30. The van der Waals surface area contributed by atoms with Gasteiger partial charge in [0, 0.05) is 29.7 Å². The molecular formula is C27H20N2O4. The number of aliphatic hydroxyl groups is 1. The molecule has 4 aromatic rings. The van der Waals surface area contributed by atoms with Crippen LogP contribution in [-0.2, 0) is 9.59 Å². The molecule has 0 saturated carbocycles. The molecule has 162 valence electrons. The standard InChI is InChI=1S/C27H20N2O4/c1-33-20-9-5-8-19(16-20)29-24(18-12-14-28-15-13-18)23(26(31)27(29)32)25(30)22-11-4-7-17-6-2-3-10-21(17)22/h2-16,24,30H,1H3/b25-23-. The summed E-state index contributed by atoms with van der Waals surface area (Å²) in [7, 11) is 1.54. The number of hydrogen-bond donors (Lipinski definition) is 1. The number of carbonyl (C=O) groups excluding carboxylic acids is 2. The van der Waals surface area contributed by atoms with Gasteiger partial charge in [0.15, 0.2) is 0 Å². The van der Waals surface area contributed by atoms with E-state index in [1.54, 1.807) is 54.9 Å². The van der Waals surface area contributed by atoms with Gasteiger partial charge < -0.3 is 9.84 Å². The molecular weight excluding hydrogens is 416 g/mol. The highest BCUT2D eigenvalue weighted by Gasteiger charge is 2.47. The Balaban J connectivity index is 1.77. The number of fused-ring (bicyclic) bond motifs is 1. The summed E-state index contributed by atoms with van der Waals surface area (Å²) in [5.74, 6) is -1.12. The number of methoxy groups -OCH3 is 1. The van der Waals surface area contributed by atoms with Crippen LogP contribution < -0.4 is 9.64 Å². The molecule has 6 nitrogen and oxygen atoms in total. The number of Topliss-reactive ketones (excluding diaryl/α,β-unsaturated/α-hetero) is 1. The zero-order valence-electron chi connectivity index (χ0n) is 17.8. The van der Waals surface area contributed by atoms with Crippen LogP contribution in [0.2, 0.25) is 0 Å². The van der Waals surface area contributed by atoms with E-state index in [0.717, 1.165) is 10.8 Å². The normalized spacial score (nSPS) is 17.5. The van der Waals surface area contributed by atoms with E-state index in [4.69, 9.17) is 4.74 Å². The molecule has 1 fully saturated rings. The van der Waals surface area contributed by atoms with Gasteiger partial charge in [0.05, 0.1) is 18.7 Å². The Morgan fingerprint density at radius 3 is 2.45 bits per heavy atom. The van der Waals surface area contributed by atoms with Crippen molar-refractivity contribution in [3.05, 3.63) is 108 Å². The number of benzene rings is 3. The van der Waals surface area contributed by atoms with Gasteiger partial charge in [-0.05, 0) is 40.6 Å². The molecule has 1 N–H and O–H groups in total. The van der Waals surface area contributed by atoms with Crippen LogP contribution in [0.15, 0.2) is 96.8 Å². The number of rotatable bonds is 4. The van der Waals surface area contributed by atoms with Gasteiger partial charge in [-0.15, -0.1) is 0 Å². The molecule has 1 unspecified atom stereocenters. The summed E-state index contributed by atoms with van der Waals surface area (Å²) in [6.45, 7) is 0. The Kier molecular flexibility index (Phi) is 5.11. The van der Waals surface area contributed by atoms with Gasteiger partial charge in [-0.3, -0.25) is 19.5 Å². The minimum absolute atomic E-state index is 0.0328. The first-order chi connectivity index (χ1) is 16.1. The molecule has 3 aromatic carbocycles. The molecule has 1 aliphatic rings. The second kappa shape index (κ2) is 8.24. The van der Waals surface area contributed by atoms with E-state index >= 15 is 0 Å². The number of ether oxygens (including phenoxy) is 1. The number of ketones is 1. The third-order valence-corrected chi connectivity index (χ3v) is 5.84. The van der Waals surface area contributed by atoms with Crippen LogP contribution in [0.5, 0.6) is 5.75 Å². The second-order valence-electron chi connectivity index (χ2n) is 7.68.